The van der Waals surface area contributed by atoms with Gasteiger partial charge in [-0.05, 0) is 44.5 Å². The third kappa shape index (κ3) is 3.25. The van der Waals surface area contributed by atoms with E-state index in [2.05, 4.69) is 29.3 Å². The van der Waals surface area contributed by atoms with E-state index in [1.54, 1.807) is 0 Å². The Morgan fingerprint density at radius 2 is 1.81 bits per heavy atom. The van der Waals surface area contributed by atoms with E-state index >= 15 is 0 Å². The van der Waals surface area contributed by atoms with Crippen LogP contribution in [-0.4, -0.2) is 11.6 Å². The van der Waals surface area contributed by atoms with Crippen molar-refractivity contribution in [2.24, 2.45) is 0 Å². The molecular weight excluding hydrogens is 322 g/mol. The summed E-state index contributed by atoms with van der Waals surface area (Å²) in [6.45, 7) is 6.56. The molecule has 3 rings (SSSR count). The molecule has 1 aromatic heterocycles. The summed E-state index contributed by atoms with van der Waals surface area (Å²) in [4.78, 5) is 4.49. The molecule has 4 nitrogen and oxygen atoms in total. The fourth-order valence-electron chi connectivity index (χ4n) is 3.02. The molecule has 4 heteroatoms. The first-order valence-electron chi connectivity index (χ1n) is 8.55. The molecular formula is C22H21N3O. The normalized spacial score (nSPS) is 10.4. The van der Waals surface area contributed by atoms with Crippen LogP contribution in [-0.2, 0) is 0 Å². The quantitative estimate of drug-likeness (QED) is 0.732. The number of aryl methyl sites for hydroxylation is 2. The second-order valence-electron chi connectivity index (χ2n) is 6.17. The summed E-state index contributed by atoms with van der Waals surface area (Å²) in [5, 5.41) is 9.63. The van der Waals surface area contributed by atoms with Crippen molar-refractivity contribution in [3.05, 3.63) is 65.2 Å². The van der Waals surface area contributed by atoms with E-state index in [9.17, 15) is 5.26 Å². The minimum Gasteiger partial charge on any atom is -0.493 e. The van der Waals surface area contributed by atoms with Crippen molar-refractivity contribution in [3.8, 4) is 34.2 Å². The first-order chi connectivity index (χ1) is 12.5. The highest BCUT2D eigenvalue weighted by atomic mass is 16.5. The Morgan fingerprint density at radius 3 is 2.54 bits per heavy atom. The maximum atomic E-state index is 9.63. The molecule has 0 radical (unpaired) electrons. The Kier molecular flexibility index (Phi) is 4.90. The Balaban J connectivity index is 2.28. The van der Waals surface area contributed by atoms with Gasteiger partial charge in [0, 0.05) is 16.7 Å². The number of hydrogen-bond donors (Lipinski definition) is 1. The molecule has 0 saturated heterocycles. The molecule has 1 heterocycles. The second-order valence-corrected chi connectivity index (χ2v) is 6.17. The van der Waals surface area contributed by atoms with Crippen molar-refractivity contribution in [1.29, 1.82) is 5.26 Å². The maximum Gasteiger partial charge on any atom is 0.142 e. The van der Waals surface area contributed by atoms with E-state index in [0.29, 0.717) is 12.2 Å². The van der Waals surface area contributed by atoms with E-state index in [0.717, 1.165) is 39.3 Å². The number of nitrogen functional groups attached to an aromatic ring is 1. The van der Waals surface area contributed by atoms with Gasteiger partial charge in [0.1, 0.15) is 23.2 Å². The molecule has 0 bridgehead atoms. The van der Waals surface area contributed by atoms with Crippen LogP contribution < -0.4 is 10.5 Å². The molecule has 3 aromatic rings. The molecule has 0 atom stereocenters. The van der Waals surface area contributed by atoms with E-state index in [1.165, 1.54) is 0 Å². The minimum absolute atomic E-state index is 0.229. The van der Waals surface area contributed by atoms with Gasteiger partial charge in [0.2, 0.25) is 0 Å². The molecule has 0 aliphatic carbocycles. The van der Waals surface area contributed by atoms with Crippen LogP contribution in [0.25, 0.3) is 22.4 Å². The van der Waals surface area contributed by atoms with Crippen molar-refractivity contribution < 1.29 is 4.74 Å². The number of rotatable bonds is 4. The zero-order valence-corrected chi connectivity index (χ0v) is 15.2. The van der Waals surface area contributed by atoms with Crippen molar-refractivity contribution in [2.45, 2.75) is 20.8 Å². The predicted molar refractivity (Wildman–Crippen MR) is 105 cm³/mol. The number of nitrogens with two attached hydrogens (primary N) is 1. The molecule has 0 amide bonds. The number of hydrogen-bond acceptors (Lipinski definition) is 4. The average molecular weight is 343 g/mol. The third-order valence-electron chi connectivity index (χ3n) is 4.31. The molecule has 0 unspecified atom stereocenters. The van der Waals surface area contributed by atoms with Crippen molar-refractivity contribution in [3.63, 3.8) is 0 Å². The molecule has 2 aromatic carbocycles. The first kappa shape index (κ1) is 17.5. The number of benzene rings is 2. The van der Waals surface area contributed by atoms with Crippen molar-refractivity contribution in [2.75, 3.05) is 12.3 Å². The lowest BCUT2D eigenvalue weighted by atomic mass is 9.95. The van der Waals surface area contributed by atoms with Crippen LogP contribution in [0.5, 0.6) is 5.75 Å². The topological polar surface area (TPSA) is 71.9 Å². The van der Waals surface area contributed by atoms with Crippen LogP contribution in [0.3, 0.4) is 0 Å². The Labute approximate surface area is 153 Å². The molecule has 0 aliphatic rings. The SMILES string of the molecule is CCOc1ccccc1-c1cc(-c2cc(C)ccc2C)nc(N)c1C#N. The van der Waals surface area contributed by atoms with Crippen LogP contribution in [0.4, 0.5) is 5.82 Å². The summed E-state index contributed by atoms with van der Waals surface area (Å²) < 4.78 is 5.75. The van der Waals surface area contributed by atoms with Gasteiger partial charge in [-0.15, -0.1) is 0 Å². The Bertz CT molecular complexity index is 1000. The molecule has 0 spiro atoms. The van der Waals surface area contributed by atoms with Gasteiger partial charge in [-0.25, -0.2) is 4.98 Å². The van der Waals surface area contributed by atoms with Crippen LogP contribution in [0.1, 0.15) is 23.6 Å². The summed E-state index contributed by atoms with van der Waals surface area (Å²) in [6, 6.07) is 18.0. The fourth-order valence-corrected chi connectivity index (χ4v) is 3.02. The highest BCUT2D eigenvalue weighted by Gasteiger charge is 2.17. The van der Waals surface area contributed by atoms with Crippen molar-refractivity contribution >= 4 is 5.82 Å². The van der Waals surface area contributed by atoms with Crippen molar-refractivity contribution in [1.82, 2.24) is 4.98 Å². The van der Waals surface area contributed by atoms with Gasteiger partial charge in [-0.3, -0.25) is 0 Å². The minimum atomic E-state index is 0.229. The average Bonchev–Trinajstić information content (AvgIpc) is 2.64. The lowest BCUT2D eigenvalue weighted by molar-refractivity contribution is 0.341. The summed E-state index contributed by atoms with van der Waals surface area (Å²) in [5.41, 5.74) is 12.1. The zero-order valence-electron chi connectivity index (χ0n) is 15.2. The summed E-state index contributed by atoms with van der Waals surface area (Å²) in [6.07, 6.45) is 0. The smallest absolute Gasteiger partial charge is 0.142 e. The van der Waals surface area contributed by atoms with Gasteiger partial charge in [-0.1, -0.05) is 35.9 Å². The standard InChI is InChI=1S/C22H21N3O/c1-4-26-21-8-6-5-7-16(21)18-12-20(25-22(24)19(18)13-23)17-11-14(2)9-10-15(17)3/h5-12H,4H2,1-3H3,(H2,24,25). The lowest BCUT2D eigenvalue weighted by Gasteiger charge is -2.15. The van der Waals surface area contributed by atoms with Crippen LogP contribution in [0, 0.1) is 25.2 Å². The molecule has 130 valence electrons. The predicted octanol–water partition coefficient (Wildman–Crippen LogP) is 4.89. The number of ether oxygens (including phenoxy) is 1. The van der Waals surface area contributed by atoms with E-state index < -0.39 is 0 Å². The summed E-state index contributed by atoms with van der Waals surface area (Å²) >= 11 is 0. The molecule has 26 heavy (non-hydrogen) atoms. The highest BCUT2D eigenvalue weighted by Crippen LogP contribution is 2.37. The number of para-hydroxylation sites is 1. The van der Waals surface area contributed by atoms with Gasteiger partial charge in [-0.2, -0.15) is 5.26 Å². The highest BCUT2D eigenvalue weighted by molar-refractivity contribution is 5.83. The summed E-state index contributed by atoms with van der Waals surface area (Å²) in [5.74, 6) is 0.955. The van der Waals surface area contributed by atoms with E-state index in [4.69, 9.17) is 10.5 Å². The Hall–Kier alpha value is -3.32. The van der Waals surface area contributed by atoms with Gasteiger partial charge in [0.25, 0.3) is 0 Å². The molecule has 0 saturated carbocycles. The van der Waals surface area contributed by atoms with Crippen LogP contribution in [0.2, 0.25) is 0 Å². The number of nitriles is 1. The van der Waals surface area contributed by atoms with Gasteiger partial charge in [0.05, 0.1) is 12.3 Å². The number of anilines is 1. The van der Waals surface area contributed by atoms with Gasteiger partial charge >= 0.3 is 0 Å². The monoisotopic (exact) mass is 343 g/mol. The third-order valence-corrected chi connectivity index (χ3v) is 4.31. The van der Waals surface area contributed by atoms with Crippen LogP contribution in [0.15, 0.2) is 48.5 Å². The van der Waals surface area contributed by atoms with Gasteiger partial charge in [0.15, 0.2) is 0 Å². The number of aromatic nitrogens is 1. The number of pyridine rings is 1. The second kappa shape index (κ2) is 7.28. The van der Waals surface area contributed by atoms with E-state index in [-0.39, 0.29) is 5.82 Å². The van der Waals surface area contributed by atoms with Gasteiger partial charge < -0.3 is 10.5 Å². The van der Waals surface area contributed by atoms with E-state index in [1.807, 2.05) is 51.1 Å². The fraction of sp³-hybridized carbons (Fsp3) is 0.182. The molecule has 0 fully saturated rings. The molecule has 0 aliphatic heterocycles. The van der Waals surface area contributed by atoms with Crippen LogP contribution >= 0.6 is 0 Å². The summed E-state index contributed by atoms with van der Waals surface area (Å²) in [7, 11) is 0. The number of nitrogens with zero attached hydrogens (tertiary/aromatic N) is 2. The lowest BCUT2D eigenvalue weighted by Crippen LogP contribution is -2.02. The zero-order chi connectivity index (χ0) is 18.7. The molecule has 2 N–H and O–H groups in total. The largest absolute Gasteiger partial charge is 0.493 e. The first-order valence-corrected chi connectivity index (χ1v) is 8.55. The Morgan fingerprint density at radius 1 is 1.04 bits per heavy atom. The maximum absolute atomic E-state index is 9.63.